The number of benzene rings is 2. The van der Waals surface area contributed by atoms with Crippen LogP contribution in [0.5, 0.6) is 0 Å². The molecule has 8 heteroatoms. The van der Waals surface area contributed by atoms with E-state index in [0.29, 0.717) is 12.1 Å². The third-order valence-electron chi connectivity index (χ3n) is 3.78. The molecule has 0 saturated carbocycles. The second-order valence-electron chi connectivity index (χ2n) is 5.38. The number of nitrogens with two attached hydrogens (primary N) is 1. The molecular formula is C15H15N3O4S. The second kappa shape index (κ2) is 5.64. The lowest BCUT2D eigenvalue weighted by atomic mass is 10.0. The highest BCUT2D eigenvalue weighted by Crippen LogP contribution is 2.31. The summed E-state index contributed by atoms with van der Waals surface area (Å²) in [7, 11) is -3.82. The molecule has 7 nitrogen and oxygen atoms in total. The van der Waals surface area contributed by atoms with Crippen molar-refractivity contribution >= 4 is 21.4 Å². The fourth-order valence-electron chi connectivity index (χ4n) is 2.68. The maximum absolute atomic E-state index is 12.9. The SMILES string of the molecule is NC1Cc2ccccc2N(S(=O)(=O)c2ccc([N+](=O)[O-])cc2)C1. The van der Waals surface area contributed by atoms with Crippen molar-refractivity contribution in [3.05, 3.63) is 64.2 Å². The van der Waals surface area contributed by atoms with Gasteiger partial charge in [-0.05, 0) is 30.2 Å². The van der Waals surface area contributed by atoms with Crippen LogP contribution in [0.25, 0.3) is 0 Å². The molecule has 0 amide bonds. The van der Waals surface area contributed by atoms with Crippen molar-refractivity contribution in [1.29, 1.82) is 0 Å². The van der Waals surface area contributed by atoms with Crippen LogP contribution < -0.4 is 10.0 Å². The number of anilines is 1. The molecule has 0 aromatic heterocycles. The van der Waals surface area contributed by atoms with Crippen LogP contribution in [0, 0.1) is 10.1 Å². The van der Waals surface area contributed by atoms with Gasteiger partial charge in [0, 0.05) is 24.7 Å². The van der Waals surface area contributed by atoms with Crippen LogP contribution in [0.1, 0.15) is 5.56 Å². The van der Waals surface area contributed by atoms with Crippen molar-refractivity contribution in [3.63, 3.8) is 0 Å². The van der Waals surface area contributed by atoms with Gasteiger partial charge < -0.3 is 5.73 Å². The zero-order chi connectivity index (χ0) is 16.6. The summed E-state index contributed by atoms with van der Waals surface area (Å²) in [5, 5.41) is 10.7. The van der Waals surface area contributed by atoms with Crippen molar-refractivity contribution in [2.45, 2.75) is 17.4 Å². The molecule has 120 valence electrons. The van der Waals surface area contributed by atoms with Crippen LogP contribution in [0.2, 0.25) is 0 Å². The van der Waals surface area contributed by atoms with Gasteiger partial charge in [-0.25, -0.2) is 8.42 Å². The minimum absolute atomic E-state index is 0.00648. The Morgan fingerprint density at radius 2 is 1.78 bits per heavy atom. The predicted molar refractivity (Wildman–Crippen MR) is 85.7 cm³/mol. The Morgan fingerprint density at radius 1 is 1.13 bits per heavy atom. The molecule has 23 heavy (non-hydrogen) atoms. The molecule has 2 N–H and O–H groups in total. The highest BCUT2D eigenvalue weighted by Gasteiger charge is 2.32. The molecule has 3 rings (SSSR count). The van der Waals surface area contributed by atoms with Crippen molar-refractivity contribution < 1.29 is 13.3 Å². The molecule has 0 radical (unpaired) electrons. The van der Waals surface area contributed by atoms with Gasteiger partial charge in [0.25, 0.3) is 15.7 Å². The molecule has 2 aromatic rings. The maximum Gasteiger partial charge on any atom is 0.269 e. The number of hydrogen-bond donors (Lipinski definition) is 1. The van der Waals surface area contributed by atoms with Crippen LogP contribution in [0.4, 0.5) is 11.4 Å². The van der Waals surface area contributed by atoms with E-state index >= 15 is 0 Å². The van der Waals surface area contributed by atoms with E-state index in [1.165, 1.54) is 28.6 Å². The molecule has 0 fully saturated rings. The fraction of sp³-hybridized carbons (Fsp3) is 0.200. The Labute approximate surface area is 133 Å². The van der Waals surface area contributed by atoms with Crippen LogP contribution in [-0.2, 0) is 16.4 Å². The monoisotopic (exact) mass is 333 g/mol. The van der Waals surface area contributed by atoms with Gasteiger partial charge in [0.2, 0.25) is 0 Å². The highest BCUT2D eigenvalue weighted by molar-refractivity contribution is 7.92. The molecule has 0 aliphatic carbocycles. The summed E-state index contributed by atoms with van der Waals surface area (Å²) in [6.07, 6.45) is 0.614. The van der Waals surface area contributed by atoms with E-state index in [1.54, 1.807) is 12.1 Å². The molecule has 1 aliphatic rings. The number of nitrogens with zero attached hydrogens (tertiary/aromatic N) is 2. The van der Waals surface area contributed by atoms with E-state index in [1.807, 2.05) is 12.1 Å². The van der Waals surface area contributed by atoms with Crippen molar-refractivity contribution in [2.24, 2.45) is 5.73 Å². The van der Waals surface area contributed by atoms with Crippen LogP contribution in [-0.4, -0.2) is 25.9 Å². The number of para-hydroxylation sites is 1. The third kappa shape index (κ3) is 2.78. The minimum atomic E-state index is -3.82. The highest BCUT2D eigenvalue weighted by atomic mass is 32.2. The van der Waals surface area contributed by atoms with Gasteiger partial charge in [-0.15, -0.1) is 0 Å². The number of nitro benzene ring substituents is 1. The molecule has 2 aromatic carbocycles. The molecule has 1 heterocycles. The molecule has 1 atom stereocenters. The van der Waals surface area contributed by atoms with E-state index in [0.717, 1.165) is 5.56 Å². The topological polar surface area (TPSA) is 107 Å². The Hall–Kier alpha value is -2.45. The normalized spacial score (nSPS) is 17.6. The summed E-state index contributed by atoms with van der Waals surface area (Å²) in [5.74, 6) is 0. The van der Waals surface area contributed by atoms with Crippen molar-refractivity contribution in [1.82, 2.24) is 0 Å². The van der Waals surface area contributed by atoms with Crippen LogP contribution in [0.3, 0.4) is 0 Å². The van der Waals surface area contributed by atoms with Crippen LogP contribution in [0.15, 0.2) is 53.4 Å². The first kappa shape index (κ1) is 15.4. The number of nitro groups is 1. The van der Waals surface area contributed by atoms with E-state index < -0.39 is 14.9 Å². The zero-order valence-electron chi connectivity index (χ0n) is 12.1. The zero-order valence-corrected chi connectivity index (χ0v) is 12.9. The van der Waals surface area contributed by atoms with Crippen molar-refractivity contribution in [3.8, 4) is 0 Å². The Kier molecular flexibility index (Phi) is 3.78. The molecule has 1 aliphatic heterocycles. The molecular weight excluding hydrogens is 318 g/mol. The lowest BCUT2D eigenvalue weighted by Crippen LogP contribution is -2.46. The van der Waals surface area contributed by atoms with E-state index in [4.69, 9.17) is 5.73 Å². The first-order chi connectivity index (χ1) is 10.9. The standard InChI is InChI=1S/C15H15N3O4S/c16-12-9-11-3-1-2-4-15(11)17(10-12)23(21,22)14-7-5-13(6-8-14)18(19)20/h1-8,12H,9-10,16H2. The third-order valence-corrected chi connectivity index (χ3v) is 5.57. The Balaban J connectivity index is 2.04. The number of sulfonamides is 1. The predicted octanol–water partition coefficient (Wildman–Crippen LogP) is 1.67. The number of rotatable bonds is 3. The van der Waals surface area contributed by atoms with Gasteiger partial charge in [-0.1, -0.05) is 18.2 Å². The Bertz CT molecular complexity index is 849. The van der Waals surface area contributed by atoms with Gasteiger partial charge in [0.15, 0.2) is 0 Å². The summed E-state index contributed by atoms with van der Waals surface area (Å²) in [6.45, 7) is 0.177. The summed E-state index contributed by atoms with van der Waals surface area (Å²) in [5.41, 5.74) is 7.31. The second-order valence-corrected chi connectivity index (χ2v) is 7.24. The fourth-order valence-corrected chi connectivity index (χ4v) is 4.24. The van der Waals surface area contributed by atoms with E-state index in [2.05, 4.69) is 0 Å². The van der Waals surface area contributed by atoms with Crippen LogP contribution >= 0.6 is 0 Å². The number of fused-ring (bicyclic) bond motifs is 1. The van der Waals surface area contributed by atoms with E-state index in [-0.39, 0.29) is 23.2 Å². The number of non-ortho nitro benzene ring substituents is 1. The largest absolute Gasteiger partial charge is 0.326 e. The molecule has 0 bridgehead atoms. The summed E-state index contributed by atoms with van der Waals surface area (Å²) < 4.78 is 27.0. The molecule has 1 unspecified atom stereocenters. The minimum Gasteiger partial charge on any atom is -0.326 e. The maximum atomic E-state index is 12.9. The van der Waals surface area contributed by atoms with E-state index in [9.17, 15) is 18.5 Å². The van der Waals surface area contributed by atoms with Gasteiger partial charge in [0.1, 0.15) is 0 Å². The summed E-state index contributed by atoms with van der Waals surface area (Å²) >= 11 is 0. The first-order valence-electron chi connectivity index (χ1n) is 7.00. The lowest BCUT2D eigenvalue weighted by Gasteiger charge is -2.33. The summed E-state index contributed by atoms with van der Waals surface area (Å²) in [4.78, 5) is 10.1. The molecule has 0 spiro atoms. The van der Waals surface area contributed by atoms with Crippen molar-refractivity contribution in [2.75, 3.05) is 10.8 Å². The van der Waals surface area contributed by atoms with Gasteiger partial charge in [0.05, 0.1) is 15.5 Å². The van der Waals surface area contributed by atoms with Gasteiger partial charge in [-0.3, -0.25) is 14.4 Å². The number of hydrogen-bond acceptors (Lipinski definition) is 5. The quantitative estimate of drug-likeness (QED) is 0.679. The lowest BCUT2D eigenvalue weighted by molar-refractivity contribution is -0.384. The average molecular weight is 333 g/mol. The summed E-state index contributed by atoms with van der Waals surface area (Å²) in [6, 6.07) is 11.8. The van der Waals surface area contributed by atoms with Gasteiger partial charge in [-0.2, -0.15) is 0 Å². The Morgan fingerprint density at radius 3 is 2.43 bits per heavy atom. The smallest absolute Gasteiger partial charge is 0.269 e. The first-order valence-corrected chi connectivity index (χ1v) is 8.44. The molecule has 0 saturated heterocycles. The van der Waals surface area contributed by atoms with Gasteiger partial charge >= 0.3 is 0 Å². The average Bonchev–Trinajstić information content (AvgIpc) is 2.54.